The van der Waals surface area contributed by atoms with E-state index in [-0.39, 0.29) is 5.91 Å². The monoisotopic (exact) mass is 296 g/mol. The van der Waals surface area contributed by atoms with Gasteiger partial charge in [0.05, 0.1) is 5.54 Å². The van der Waals surface area contributed by atoms with Crippen LogP contribution in [0.5, 0.6) is 0 Å². The van der Waals surface area contributed by atoms with Crippen LogP contribution in [-0.2, 0) is 4.79 Å². The van der Waals surface area contributed by atoms with E-state index in [2.05, 4.69) is 30.8 Å². The second-order valence-electron chi connectivity index (χ2n) is 7.29. The molecule has 0 aromatic heterocycles. The third-order valence-corrected chi connectivity index (χ3v) is 4.98. The first kappa shape index (κ1) is 16.7. The Labute approximate surface area is 129 Å². The van der Waals surface area contributed by atoms with Crippen molar-refractivity contribution in [3.8, 4) is 0 Å². The van der Waals surface area contributed by atoms with Gasteiger partial charge in [0.25, 0.3) is 0 Å². The average molecular weight is 296 g/mol. The first-order valence-electron chi connectivity index (χ1n) is 8.36. The number of nitrogens with two attached hydrogens (primary N) is 1. The zero-order chi connectivity index (χ0) is 15.5. The summed E-state index contributed by atoms with van der Waals surface area (Å²) in [5.74, 6) is 0.774. The predicted molar refractivity (Wildman–Crippen MR) is 86.1 cm³/mol. The Morgan fingerprint density at radius 2 is 1.95 bits per heavy atom. The van der Waals surface area contributed by atoms with E-state index in [4.69, 9.17) is 5.73 Å². The maximum Gasteiger partial charge on any atom is 0.242 e. The number of piperazine rings is 1. The zero-order valence-electron chi connectivity index (χ0n) is 14.0. The quantitative estimate of drug-likeness (QED) is 0.825. The average Bonchev–Trinajstić information content (AvgIpc) is 2.44. The molecular weight excluding hydrogens is 264 g/mol. The van der Waals surface area contributed by atoms with Gasteiger partial charge in [-0.05, 0) is 32.9 Å². The molecule has 2 N–H and O–H groups in total. The number of nitrogens with zero attached hydrogens (tertiary/aromatic N) is 3. The van der Waals surface area contributed by atoms with Crippen LogP contribution in [0.2, 0.25) is 0 Å². The predicted octanol–water partition coefficient (Wildman–Crippen LogP) is 0.600. The van der Waals surface area contributed by atoms with Crippen molar-refractivity contribution in [3.63, 3.8) is 0 Å². The third kappa shape index (κ3) is 4.41. The van der Waals surface area contributed by atoms with Gasteiger partial charge in [-0.1, -0.05) is 19.8 Å². The zero-order valence-corrected chi connectivity index (χ0v) is 14.0. The second-order valence-corrected chi connectivity index (χ2v) is 7.29. The SMILES string of the molecule is CC1CCCC(N)(C(=O)N2CCN(CCN(C)C)CC2)C1. The Morgan fingerprint density at radius 3 is 2.52 bits per heavy atom. The van der Waals surface area contributed by atoms with E-state index in [1.807, 2.05) is 4.90 Å². The number of carbonyl (C=O) groups excluding carboxylic acids is 1. The van der Waals surface area contributed by atoms with Gasteiger partial charge in [0, 0.05) is 39.3 Å². The Hall–Kier alpha value is -0.650. The van der Waals surface area contributed by atoms with Crippen molar-refractivity contribution in [2.24, 2.45) is 11.7 Å². The van der Waals surface area contributed by atoms with Crippen molar-refractivity contribution in [1.29, 1.82) is 0 Å². The van der Waals surface area contributed by atoms with Crippen LogP contribution in [0, 0.1) is 5.92 Å². The van der Waals surface area contributed by atoms with Gasteiger partial charge in [0.15, 0.2) is 0 Å². The summed E-state index contributed by atoms with van der Waals surface area (Å²) < 4.78 is 0. The normalized spacial score (nSPS) is 31.7. The van der Waals surface area contributed by atoms with E-state index < -0.39 is 5.54 Å². The number of carbonyl (C=O) groups is 1. The first-order chi connectivity index (χ1) is 9.90. The molecule has 0 bridgehead atoms. The molecule has 2 aliphatic rings. The molecule has 1 saturated heterocycles. The fourth-order valence-electron chi connectivity index (χ4n) is 3.62. The summed E-state index contributed by atoms with van der Waals surface area (Å²) in [6, 6.07) is 0. The summed E-state index contributed by atoms with van der Waals surface area (Å²) in [6.07, 6.45) is 4.01. The molecule has 21 heavy (non-hydrogen) atoms. The largest absolute Gasteiger partial charge is 0.339 e. The fraction of sp³-hybridized carbons (Fsp3) is 0.938. The second kappa shape index (κ2) is 7.07. The van der Waals surface area contributed by atoms with Crippen LogP contribution in [0.1, 0.15) is 32.6 Å². The molecule has 1 heterocycles. The maximum atomic E-state index is 12.8. The molecule has 1 saturated carbocycles. The van der Waals surface area contributed by atoms with Crippen molar-refractivity contribution in [2.75, 3.05) is 53.4 Å². The van der Waals surface area contributed by atoms with E-state index in [0.29, 0.717) is 5.92 Å². The maximum absolute atomic E-state index is 12.8. The molecular formula is C16H32N4O. The lowest BCUT2D eigenvalue weighted by atomic mass is 9.76. The van der Waals surface area contributed by atoms with E-state index in [1.165, 1.54) is 6.42 Å². The molecule has 2 rings (SSSR count). The van der Waals surface area contributed by atoms with Gasteiger partial charge in [-0.3, -0.25) is 9.69 Å². The summed E-state index contributed by atoms with van der Waals surface area (Å²) in [7, 11) is 4.20. The summed E-state index contributed by atoms with van der Waals surface area (Å²) in [5, 5.41) is 0. The number of hydrogen-bond acceptors (Lipinski definition) is 4. The van der Waals surface area contributed by atoms with Crippen molar-refractivity contribution >= 4 is 5.91 Å². The van der Waals surface area contributed by atoms with Crippen LogP contribution in [-0.4, -0.2) is 79.5 Å². The minimum atomic E-state index is -0.594. The van der Waals surface area contributed by atoms with Gasteiger partial charge < -0.3 is 15.5 Å². The molecule has 1 aliphatic heterocycles. The molecule has 2 fully saturated rings. The summed E-state index contributed by atoms with van der Waals surface area (Å²) in [6.45, 7) is 8.00. The Balaban J connectivity index is 1.82. The highest BCUT2D eigenvalue weighted by Crippen LogP contribution is 2.32. The Kier molecular flexibility index (Phi) is 5.63. The molecule has 122 valence electrons. The van der Waals surface area contributed by atoms with E-state index in [0.717, 1.165) is 58.5 Å². The van der Waals surface area contributed by atoms with Crippen LogP contribution >= 0.6 is 0 Å². The summed E-state index contributed by atoms with van der Waals surface area (Å²) in [4.78, 5) is 19.4. The standard InChI is InChI=1S/C16H32N4O/c1-14-5-4-6-16(17,13-14)15(21)20-11-9-19(10-12-20)8-7-18(2)3/h14H,4-13,17H2,1-3H3. The molecule has 0 aromatic carbocycles. The number of rotatable bonds is 4. The van der Waals surface area contributed by atoms with Crippen LogP contribution in [0.3, 0.4) is 0 Å². The number of likely N-dealkylation sites (N-methyl/N-ethyl adjacent to an activating group) is 1. The van der Waals surface area contributed by atoms with Crippen molar-refractivity contribution in [1.82, 2.24) is 14.7 Å². The van der Waals surface area contributed by atoms with Crippen LogP contribution in [0.25, 0.3) is 0 Å². The molecule has 0 radical (unpaired) electrons. The van der Waals surface area contributed by atoms with Crippen molar-refractivity contribution in [3.05, 3.63) is 0 Å². The van der Waals surface area contributed by atoms with Gasteiger partial charge in [-0.2, -0.15) is 0 Å². The van der Waals surface area contributed by atoms with Crippen molar-refractivity contribution < 1.29 is 4.79 Å². The summed E-state index contributed by atoms with van der Waals surface area (Å²) in [5.41, 5.74) is 5.85. The topological polar surface area (TPSA) is 52.8 Å². The molecule has 5 nitrogen and oxygen atoms in total. The third-order valence-electron chi connectivity index (χ3n) is 4.98. The minimum Gasteiger partial charge on any atom is -0.339 e. The first-order valence-corrected chi connectivity index (χ1v) is 8.36. The van der Waals surface area contributed by atoms with E-state index in [9.17, 15) is 4.79 Å². The van der Waals surface area contributed by atoms with Crippen molar-refractivity contribution in [2.45, 2.75) is 38.1 Å². The highest BCUT2D eigenvalue weighted by molar-refractivity contribution is 5.86. The summed E-state index contributed by atoms with van der Waals surface area (Å²) >= 11 is 0. The van der Waals surface area contributed by atoms with Gasteiger partial charge in [-0.25, -0.2) is 0 Å². The molecule has 1 aliphatic carbocycles. The van der Waals surface area contributed by atoms with Gasteiger partial charge >= 0.3 is 0 Å². The fourth-order valence-corrected chi connectivity index (χ4v) is 3.62. The molecule has 0 aromatic rings. The lowest BCUT2D eigenvalue weighted by Crippen LogP contribution is -2.61. The molecule has 0 spiro atoms. The number of hydrogen-bond donors (Lipinski definition) is 1. The van der Waals surface area contributed by atoms with Gasteiger partial charge in [0.1, 0.15) is 0 Å². The number of amides is 1. The highest BCUT2D eigenvalue weighted by atomic mass is 16.2. The molecule has 2 unspecified atom stereocenters. The van der Waals surface area contributed by atoms with E-state index in [1.54, 1.807) is 0 Å². The lowest BCUT2D eigenvalue weighted by Gasteiger charge is -2.42. The molecule has 5 heteroatoms. The smallest absolute Gasteiger partial charge is 0.242 e. The van der Waals surface area contributed by atoms with E-state index >= 15 is 0 Å². The van der Waals surface area contributed by atoms with Crippen LogP contribution in [0.4, 0.5) is 0 Å². The lowest BCUT2D eigenvalue weighted by molar-refractivity contribution is -0.140. The minimum absolute atomic E-state index is 0.196. The van der Waals surface area contributed by atoms with Gasteiger partial charge in [-0.15, -0.1) is 0 Å². The van der Waals surface area contributed by atoms with Crippen LogP contribution in [0.15, 0.2) is 0 Å². The Bertz CT molecular complexity index is 352. The molecule has 1 amide bonds. The van der Waals surface area contributed by atoms with Gasteiger partial charge in [0.2, 0.25) is 5.91 Å². The highest BCUT2D eigenvalue weighted by Gasteiger charge is 2.41. The molecule has 2 atom stereocenters. The van der Waals surface area contributed by atoms with Crippen LogP contribution < -0.4 is 5.73 Å². The Morgan fingerprint density at radius 1 is 1.29 bits per heavy atom.